The van der Waals surface area contributed by atoms with Crippen molar-refractivity contribution in [3.05, 3.63) is 29.8 Å². The monoisotopic (exact) mass is 449 g/mol. The summed E-state index contributed by atoms with van der Waals surface area (Å²) in [4.78, 5) is 17.3. The van der Waals surface area contributed by atoms with Gasteiger partial charge in [-0.15, -0.1) is 11.3 Å². The number of fused-ring (bicyclic) bond motifs is 2. The van der Waals surface area contributed by atoms with Crippen molar-refractivity contribution in [2.24, 2.45) is 5.92 Å². The van der Waals surface area contributed by atoms with E-state index in [9.17, 15) is 13.2 Å². The van der Waals surface area contributed by atoms with Crippen LogP contribution in [-0.4, -0.2) is 48.9 Å². The first-order chi connectivity index (χ1) is 14.5. The van der Waals surface area contributed by atoms with Crippen LogP contribution in [0.2, 0.25) is 0 Å². The molecule has 0 spiro atoms. The van der Waals surface area contributed by atoms with Gasteiger partial charge in [0.1, 0.15) is 19.3 Å². The number of thiazole rings is 1. The molecule has 3 atom stereocenters. The SMILES string of the molecule is O=C(Nc1nccs1)[C@@H]1C[C@@H]2CCCC[C@@H]2N1S(=O)(=O)c1ccc2c(c1)OCCO2. The van der Waals surface area contributed by atoms with Crippen molar-refractivity contribution in [1.82, 2.24) is 9.29 Å². The lowest BCUT2D eigenvalue weighted by molar-refractivity contribution is -0.119. The third-order valence-corrected chi connectivity index (χ3v) is 8.70. The average Bonchev–Trinajstić information content (AvgIpc) is 3.41. The van der Waals surface area contributed by atoms with E-state index < -0.39 is 16.1 Å². The zero-order valence-electron chi connectivity index (χ0n) is 16.3. The van der Waals surface area contributed by atoms with Crippen molar-refractivity contribution >= 4 is 32.4 Å². The Morgan fingerprint density at radius 2 is 1.97 bits per heavy atom. The van der Waals surface area contributed by atoms with E-state index in [2.05, 4.69) is 10.3 Å². The molecule has 5 rings (SSSR count). The van der Waals surface area contributed by atoms with E-state index in [0.29, 0.717) is 36.3 Å². The fourth-order valence-electron chi connectivity index (χ4n) is 4.77. The summed E-state index contributed by atoms with van der Waals surface area (Å²) in [6, 6.07) is 3.76. The summed E-state index contributed by atoms with van der Waals surface area (Å²) in [6.07, 6.45) is 5.90. The molecule has 2 fully saturated rings. The molecule has 0 bridgehead atoms. The highest BCUT2D eigenvalue weighted by molar-refractivity contribution is 7.89. The zero-order valence-corrected chi connectivity index (χ0v) is 18.0. The van der Waals surface area contributed by atoms with Crippen LogP contribution in [0.25, 0.3) is 0 Å². The molecule has 1 saturated carbocycles. The van der Waals surface area contributed by atoms with E-state index in [0.717, 1.165) is 25.7 Å². The van der Waals surface area contributed by atoms with Gasteiger partial charge in [-0.1, -0.05) is 12.8 Å². The Morgan fingerprint density at radius 1 is 1.17 bits per heavy atom. The largest absolute Gasteiger partial charge is 0.486 e. The minimum atomic E-state index is -3.90. The molecular weight excluding hydrogens is 426 g/mol. The summed E-state index contributed by atoms with van der Waals surface area (Å²) in [5.74, 6) is 0.832. The second-order valence-corrected chi connectivity index (χ2v) is 10.6. The molecule has 3 aliphatic rings. The van der Waals surface area contributed by atoms with Gasteiger partial charge in [0.05, 0.1) is 4.90 Å². The Morgan fingerprint density at radius 3 is 2.77 bits per heavy atom. The molecule has 3 heterocycles. The molecule has 10 heteroatoms. The molecular formula is C20H23N3O5S2. The Hall–Kier alpha value is -2.17. The number of amides is 1. The molecule has 1 N–H and O–H groups in total. The molecule has 0 unspecified atom stereocenters. The molecule has 1 aromatic carbocycles. The summed E-state index contributed by atoms with van der Waals surface area (Å²) in [6.45, 7) is 0.817. The van der Waals surface area contributed by atoms with Crippen molar-refractivity contribution in [3.63, 3.8) is 0 Å². The van der Waals surface area contributed by atoms with Crippen LogP contribution in [0.4, 0.5) is 5.13 Å². The van der Waals surface area contributed by atoms with Crippen LogP contribution in [0.1, 0.15) is 32.1 Å². The van der Waals surface area contributed by atoms with Crippen LogP contribution in [0, 0.1) is 5.92 Å². The average molecular weight is 450 g/mol. The maximum Gasteiger partial charge on any atom is 0.244 e. The van der Waals surface area contributed by atoms with Crippen molar-refractivity contribution in [2.45, 2.75) is 49.1 Å². The van der Waals surface area contributed by atoms with Gasteiger partial charge in [0.2, 0.25) is 15.9 Å². The lowest BCUT2D eigenvalue weighted by Crippen LogP contribution is -2.47. The molecule has 160 valence electrons. The third-order valence-electron chi connectivity index (χ3n) is 6.08. The number of aromatic nitrogens is 1. The van der Waals surface area contributed by atoms with Gasteiger partial charge in [-0.3, -0.25) is 4.79 Å². The van der Waals surface area contributed by atoms with Gasteiger partial charge < -0.3 is 14.8 Å². The minimum absolute atomic E-state index is 0.130. The molecule has 8 nitrogen and oxygen atoms in total. The smallest absolute Gasteiger partial charge is 0.244 e. The number of hydrogen-bond acceptors (Lipinski definition) is 7. The maximum absolute atomic E-state index is 13.7. The molecule has 1 amide bonds. The number of rotatable bonds is 4. The number of benzene rings is 1. The van der Waals surface area contributed by atoms with Gasteiger partial charge >= 0.3 is 0 Å². The van der Waals surface area contributed by atoms with Gasteiger partial charge in [0.25, 0.3) is 0 Å². The number of nitrogens with zero attached hydrogens (tertiary/aromatic N) is 2. The molecule has 2 aromatic rings. The summed E-state index contributed by atoms with van der Waals surface area (Å²) in [5, 5.41) is 5.04. The highest BCUT2D eigenvalue weighted by atomic mass is 32.2. The second kappa shape index (κ2) is 7.82. The third kappa shape index (κ3) is 3.46. The predicted octanol–water partition coefficient (Wildman–Crippen LogP) is 2.87. The van der Waals surface area contributed by atoms with E-state index in [1.165, 1.54) is 27.8 Å². The maximum atomic E-state index is 13.7. The van der Waals surface area contributed by atoms with Crippen LogP contribution in [-0.2, 0) is 14.8 Å². The van der Waals surface area contributed by atoms with Crippen LogP contribution < -0.4 is 14.8 Å². The van der Waals surface area contributed by atoms with Crippen LogP contribution in [0.3, 0.4) is 0 Å². The van der Waals surface area contributed by atoms with Gasteiger partial charge in [0.15, 0.2) is 16.6 Å². The number of carbonyl (C=O) groups excluding carboxylic acids is 1. The molecule has 1 aliphatic carbocycles. The number of carbonyl (C=O) groups is 1. The quantitative estimate of drug-likeness (QED) is 0.771. The standard InChI is InChI=1S/C20H23N3O5S2/c24-19(22-20-21-7-10-29-20)16-11-13-3-1-2-4-15(13)23(16)30(25,26)14-5-6-17-18(12-14)28-9-8-27-17/h5-7,10,12-13,15-16H,1-4,8-9,11H2,(H,21,22,24)/t13-,15-,16-/m0/s1. The van der Waals surface area contributed by atoms with Crippen LogP contribution in [0.5, 0.6) is 11.5 Å². The Bertz CT molecular complexity index is 1040. The van der Waals surface area contributed by atoms with Crippen LogP contribution >= 0.6 is 11.3 Å². The van der Waals surface area contributed by atoms with Crippen molar-refractivity contribution in [1.29, 1.82) is 0 Å². The highest BCUT2D eigenvalue weighted by Gasteiger charge is 2.51. The first-order valence-electron chi connectivity index (χ1n) is 10.2. The molecule has 1 saturated heterocycles. The van der Waals surface area contributed by atoms with Gasteiger partial charge in [-0.05, 0) is 37.3 Å². The summed E-state index contributed by atoms with van der Waals surface area (Å²) < 4.78 is 40.0. The van der Waals surface area contributed by atoms with Gasteiger partial charge in [-0.25, -0.2) is 13.4 Å². The molecule has 30 heavy (non-hydrogen) atoms. The van der Waals surface area contributed by atoms with E-state index in [1.54, 1.807) is 17.6 Å². The summed E-state index contributed by atoms with van der Waals surface area (Å²) >= 11 is 1.31. The summed E-state index contributed by atoms with van der Waals surface area (Å²) in [5.41, 5.74) is 0. The summed E-state index contributed by atoms with van der Waals surface area (Å²) in [7, 11) is -3.90. The molecule has 2 aliphatic heterocycles. The Labute approximate surface area is 179 Å². The van der Waals surface area contributed by atoms with Crippen molar-refractivity contribution in [3.8, 4) is 11.5 Å². The second-order valence-electron chi connectivity index (χ2n) is 7.83. The number of sulfonamides is 1. The number of nitrogens with one attached hydrogen (secondary N) is 1. The first-order valence-corrected chi connectivity index (χ1v) is 12.5. The normalized spacial score (nSPS) is 26.2. The van der Waals surface area contributed by atoms with Gasteiger partial charge in [0, 0.05) is 23.7 Å². The number of hydrogen-bond donors (Lipinski definition) is 1. The van der Waals surface area contributed by atoms with Crippen molar-refractivity contribution < 1.29 is 22.7 Å². The van der Waals surface area contributed by atoms with E-state index in [1.807, 2.05) is 0 Å². The lowest BCUT2D eigenvalue weighted by atomic mass is 9.85. The predicted molar refractivity (Wildman–Crippen MR) is 111 cm³/mol. The number of anilines is 1. The Kier molecular flexibility index (Phi) is 5.16. The van der Waals surface area contributed by atoms with E-state index in [4.69, 9.17) is 9.47 Å². The topological polar surface area (TPSA) is 97.8 Å². The minimum Gasteiger partial charge on any atom is -0.486 e. The van der Waals surface area contributed by atoms with E-state index >= 15 is 0 Å². The Balaban J connectivity index is 1.50. The van der Waals surface area contributed by atoms with Gasteiger partial charge in [-0.2, -0.15) is 4.31 Å². The fourth-order valence-corrected chi connectivity index (χ4v) is 7.19. The van der Waals surface area contributed by atoms with Crippen LogP contribution in [0.15, 0.2) is 34.7 Å². The van der Waals surface area contributed by atoms with Crippen molar-refractivity contribution in [2.75, 3.05) is 18.5 Å². The van der Waals surface area contributed by atoms with E-state index in [-0.39, 0.29) is 22.8 Å². The lowest BCUT2D eigenvalue weighted by Gasteiger charge is -2.32. The highest BCUT2D eigenvalue weighted by Crippen LogP contribution is 2.44. The zero-order chi connectivity index (χ0) is 20.7. The fraction of sp³-hybridized carbons (Fsp3) is 0.500. The first kappa shape index (κ1) is 19.8. The molecule has 1 aromatic heterocycles. The number of ether oxygens (including phenoxy) is 2. The molecule has 0 radical (unpaired) electrons.